The number of nitrogens with zero attached hydrogens (tertiary/aromatic N) is 1. The number of benzene rings is 1. The maximum atomic E-state index is 12.8. The highest BCUT2D eigenvalue weighted by Gasteiger charge is 2.28. The van der Waals surface area contributed by atoms with Gasteiger partial charge in [-0.2, -0.15) is 0 Å². The second-order valence-corrected chi connectivity index (χ2v) is 5.56. The molecule has 2 unspecified atom stereocenters. The Balaban J connectivity index is 1.81. The monoisotopic (exact) mass is 294 g/mol. The summed E-state index contributed by atoms with van der Waals surface area (Å²) in [4.78, 5) is 14.2. The zero-order valence-electron chi connectivity index (χ0n) is 12.4. The second-order valence-electron chi connectivity index (χ2n) is 5.56. The first-order valence-electron chi connectivity index (χ1n) is 7.51. The molecule has 0 aromatic heterocycles. The third-order valence-electron chi connectivity index (χ3n) is 3.87. The SMILES string of the molecule is CC(N)C1CCCCN1C(=O)CCOc1ccc(F)cc1. The van der Waals surface area contributed by atoms with Crippen LogP contribution in [0.5, 0.6) is 5.75 Å². The Labute approximate surface area is 125 Å². The van der Waals surface area contributed by atoms with Crippen LogP contribution in [-0.2, 0) is 4.79 Å². The van der Waals surface area contributed by atoms with Crippen molar-refractivity contribution < 1.29 is 13.9 Å². The molecular formula is C16H23FN2O2. The van der Waals surface area contributed by atoms with Crippen LogP contribution >= 0.6 is 0 Å². The number of ether oxygens (including phenoxy) is 1. The van der Waals surface area contributed by atoms with Crippen LogP contribution in [0.25, 0.3) is 0 Å². The highest BCUT2D eigenvalue weighted by Crippen LogP contribution is 2.20. The Morgan fingerprint density at radius 3 is 2.81 bits per heavy atom. The van der Waals surface area contributed by atoms with E-state index in [0.717, 1.165) is 25.8 Å². The highest BCUT2D eigenvalue weighted by molar-refractivity contribution is 5.76. The van der Waals surface area contributed by atoms with Crippen molar-refractivity contribution in [2.45, 2.75) is 44.7 Å². The minimum atomic E-state index is -0.300. The molecule has 116 valence electrons. The molecule has 0 saturated carbocycles. The zero-order valence-corrected chi connectivity index (χ0v) is 12.4. The van der Waals surface area contributed by atoms with Crippen molar-refractivity contribution in [1.29, 1.82) is 0 Å². The lowest BCUT2D eigenvalue weighted by molar-refractivity contribution is -0.135. The molecule has 1 aromatic carbocycles. The van der Waals surface area contributed by atoms with Gasteiger partial charge in [0.2, 0.25) is 5.91 Å². The van der Waals surface area contributed by atoms with Gasteiger partial charge in [0.05, 0.1) is 13.0 Å². The largest absolute Gasteiger partial charge is 0.493 e. The highest BCUT2D eigenvalue weighted by atomic mass is 19.1. The molecule has 2 atom stereocenters. The van der Waals surface area contributed by atoms with Gasteiger partial charge in [-0.3, -0.25) is 4.79 Å². The van der Waals surface area contributed by atoms with Gasteiger partial charge in [0.15, 0.2) is 0 Å². The first-order valence-corrected chi connectivity index (χ1v) is 7.51. The van der Waals surface area contributed by atoms with E-state index in [2.05, 4.69) is 0 Å². The fraction of sp³-hybridized carbons (Fsp3) is 0.562. The van der Waals surface area contributed by atoms with E-state index in [-0.39, 0.29) is 23.8 Å². The molecule has 2 N–H and O–H groups in total. The number of hydrogen-bond donors (Lipinski definition) is 1. The fourth-order valence-electron chi connectivity index (χ4n) is 2.74. The molecule has 1 fully saturated rings. The van der Waals surface area contributed by atoms with E-state index in [4.69, 9.17) is 10.5 Å². The lowest BCUT2D eigenvalue weighted by Crippen LogP contribution is -2.51. The average Bonchev–Trinajstić information content (AvgIpc) is 2.49. The molecule has 1 aromatic rings. The van der Waals surface area contributed by atoms with Crippen molar-refractivity contribution in [3.05, 3.63) is 30.1 Å². The van der Waals surface area contributed by atoms with Gasteiger partial charge in [0, 0.05) is 18.6 Å². The smallest absolute Gasteiger partial charge is 0.226 e. The normalized spacial score (nSPS) is 20.1. The van der Waals surface area contributed by atoms with Crippen LogP contribution in [0.15, 0.2) is 24.3 Å². The molecule has 1 aliphatic rings. The van der Waals surface area contributed by atoms with Gasteiger partial charge < -0.3 is 15.4 Å². The molecule has 0 radical (unpaired) electrons. The molecular weight excluding hydrogens is 271 g/mol. The lowest BCUT2D eigenvalue weighted by Gasteiger charge is -2.38. The summed E-state index contributed by atoms with van der Waals surface area (Å²) >= 11 is 0. The van der Waals surface area contributed by atoms with E-state index in [0.29, 0.717) is 18.8 Å². The van der Waals surface area contributed by atoms with Crippen LogP contribution in [0.4, 0.5) is 4.39 Å². The molecule has 4 nitrogen and oxygen atoms in total. The summed E-state index contributed by atoms with van der Waals surface area (Å²) in [7, 11) is 0. The maximum absolute atomic E-state index is 12.8. The summed E-state index contributed by atoms with van der Waals surface area (Å²) < 4.78 is 18.2. The summed E-state index contributed by atoms with van der Waals surface area (Å²) in [5.74, 6) is 0.359. The number of hydrogen-bond acceptors (Lipinski definition) is 3. The minimum Gasteiger partial charge on any atom is -0.493 e. The fourth-order valence-corrected chi connectivity index (χ4v) is 2.74. The molecule has 5 heteroatoms. The van der Waals surface area contributed by atoms with Crippen molar-refractivity contribution in [3.8, 4) is 5.75 Å². The van der Waals surface area contributed by atoms with Gasteiger partial charge in [-0.15, -0.1) is 0 Å². The van der Waals surface area contributed by atoms with E-state index < -0.39 is 0 Å². The number of likely N-dealkylation sites (tertiary alicyclic amines) is 1. The maximum Gasteiger partial charge on any atom is 0.226 e. The zero-order chi connectivity index (χ0) is 15.2. The van der Waals surface area contributed by atoms with Crippen molar-refractivity contribution >= 4 is 5.91 Å². The summed E-state index contributed by atoms with van der Waals surface area (Å²) in [6.07, 6.45) is 3.46. The number of nitrogens with two attached hydrogens (primary N) is 1. The topological polar surface area (TPSA) is 55.6 Å². The standard InChI is InChI=1S/C16H23FN2O2/c1-12(18)15-4-2-3-10-19(15)16(20)9-11-21-14-7-5-13(17)6-8-14/h5-8,12,15H,2-4,9-11,18H2,1H3. The number of halogens is 1. The molecule has 0 aliphatic carbocycles. The van der Waals surface area contributed by atoms with E-state index in [9.17, 15) is 9.18 Å². The van der Waals surface area contributed by atoms with Crippen LogP contribution in [0.3, 0.4) is 0 Å². The minimum absolute atomic E-state index is 0.00716. The Morgan fingerprint density at radius 1 is 1.43 bits per heavy atom. The van der Waals surface area contributed by atoms with Gasteiger partial charge in [0.25, 0.3) is 0 Å². The molecule has 1 aliphatic heterocycles. The third kappa shape index (κ3) is 4.43. The summed E-state index contributed by atoms with van der Waals surface area (Å²) in [5.41, 5.74) is 5.97. The molecule has 1 heterocycles. The van der Waals surface area contributed by atoms with E-state index in [1.807, 2.05) is 11.8 Å². The van der Waals surface area contributed by atoms with Crippen molar-refractivity contribution in [1.82, 2.24) is 4.90 Å². The van der Waals surface area contributed by atoms with E-state index in [1.54, 1.807) is 12.1 Å². The molecule has 21 heavy (non-hydrogen) atoms. The van der Waals surface area contributed by atoms with Crippen LogP contribution in [-0.4, -0.2) is 36.0 Å². The Kier molecular flexibility index (Phi) is 5.56. The van der Waals surface area contributed by atoms with Crippen molar-refractivity contribution in [3.63, 3.8) is 0 Å². The van der Waals surface area contributed by atoms with Crippen molar-refractivity contribution in [2.24, 2.45) is 5.73 Å². The van der Waals surface area contributed by atoms with Gasteiger partial charge in [-0.1, -0.05) is 0 Å². The number of amides is 1. The number of carbonyl (C=O) groups is 1. The van der Waals surface area contributed by atoms with Crippen molar-refractivity contribution in [2.75, 3.05) is 13.2 Å². The summed E-state index contributed by atoms with van der Waals surface area (Å²) in [6.45, 7) is 3.03. The molecule has 0 spiro atoms. The Hall–Kier alpha value is -1.62. The molecule has 2 rings (SSSR count). The summed E-state index contributed by atoms with van der Waals surface area (Å²) in [5, 5.41) is 0. The van der Waals surface area contributed by atoms with Gasteiger partial charge >= 0.3 is 0 Å². The average molecular weight is 294 g/mol. The van der Waals surface area contributed by atoms with Crippen LogP contribution < -0.4 is 10.5 Å². The predicted molar refractivity (Wildman–Crippen MR) is 79.5 cm³/mol. The van der Waals surface area contributed by atoms with Gasteiger partial charge in [-0.25, -0.2) is 4.39 Å². The van der Waals surface area contributed by atoms with E-state index >= 15 is 0 Å². The number of piperidine rings is 1. The predicted octanol–water partition coefficient (Wildman–Crippen LogP) is 2.32. The Bertz CT molecular complexity index is 462. The van der Waals surface area contributed by atoms with Gasteiger partial charge in [-0.05, 0) is 50.5 Å². The van der Waals surface area contributed by atoms with Gasteiger partial charge in [0.1, 0.15) is 11.6 Å². The molecule has 1 saturated heterocycles. The molecule has 1 amide bonds. The van der Waals surface area contributed by atoms with E-state index in [1.165, 1.54) is 12.1 Å². The van der Waals surface area contributed by atoms with Crippen LogP contribution in [0.2, 0.25) is 0 Å². The third-order valence-corrected chi connectivity index (χ3v) is 3.87. The Morgan fingerprint density at radius 2 is 2.14 bits per heavy atom. The first kappa shape index (κ1) is 15.8. The quantitative estimate of drug-likeness (QED) is 0.906. The lowest BCUT2D eigenvalue weighted by atomic mass is 9.96. The van der Waals surface area contributed by atoms with Crippen LogP contribution in [0.1, 0.15) is 32.6 Å². The van der Waals surface area contributed by atoms with Crippen LogP contribution in [0, 0.1) is 5.82 Å². The molecule has 0 bridgehead atoms. The number of rotatable bonds is 5. The second kappa shape index (κ2) is 7.41. The first-order chi connectivity index (χ1) is 10.1. The summed E-state index contributed by atoms with van der Waals surface area (Å²) in [6, 6.07) is 5.93. The number of carbonyl (C=O) groups excluding carboxylic acids is 1.